The summed E-state index contributed by atoms with van der Waals surface area (Å²) >= 11 is 1.02. The Bertz CT molecular complexity index is 734. The molecule has 1 aliphatic rings. The highest BCUT2D eigenvalue weighted by molar-refractivity contribution is 8.15. The van der Waals surface area contributed by atoms with Crippen LogP contribution in [0, 0.1) is 0 Å². The van der Waals surface area contributed by atoms with Crippen LogP contribution in [0.25, 0.3) is 0 Å². The van der Waals surface area contributed by atoms with Gasteiger partial charge in [0.1, 0.15) is 0 Å². The fourth-order valence-corrected chi connectivity index (χ4v) is 3.52. The molecule has 0 radical (unpaired) electrons. The zero-order chi connectivity index (χ0) is 17.6. The molecule has 1 saturated heterocycles. The Kier molecular flexibility index (Phi) is 5.83. The minimum absolute atomic E-state index is 0.245. The van der Waals surface area contributed by atoms with Crippen LogP contribution in [0.4, 0.5) is 4.79 Å². The topological polar surface area (TPSA) is 59.5 Å². The van der Waals surface area contributed by atoms with E-state index in [-0.39, 0.29) is 17.8 Å². The average Bonchev–Trinajstić information content (AvgIpc) is 2.90. The zero-order valence-electron chi connectivity index (χ0n) is 14.1. The van der Waals surface area contributed by atoms with Crippen LogP contribution in [-0.2, 0) is 28.9 Å². The van der Waals surface area contributed by atoms with Crippen molar-refractivity contribution >= 4 is 22.9 Å². The summed E-state index contributed by atoms with van der Waals surface area (Å²) in [5, 5.41) is 0.135. The maximum atomic E-state index is 12.4. The second-order valence-corrected chi connectivity index (χ2v) is 6.94. The lowest BCUT2D eigenvalue weighted by Crippen LogP contribution is -2.33. The van der Waals surface area contributed by atoms with E-state index in [4.69, 9.17) is 4.84 Å². The van der Waals surface area contributed by atoms with Crippen molar-refractivity contribution < 1.29 is 14.4 Å². The van der Waals surface area contributed by atoms with Crippen LogP contribution < -0.4 is 0 Å². The number of imide groups is 1. The first-order valence-corrected chi connectivity index (χ1v) is 9.20. The lowest BCUT2D eigenvalue weighted by Gasteiger charge is -2.13. The van der Waals surface area contributed by atoms with Gasteiger partial charge in [0.15, 0.2) is 0 Å². The van der Waals surface area contributed by atoms with Crippen molar-refractivity contribution in [2.24, 2.45) is 0 Å². The van der Waals surface area contributed by atoms with Gasteiger partial charge in [0, 0.05) is 18.3 Å². The van der Waals surface area contributed by atoms with E-state index in [2.05, 4.69) is 11.9 Å². The molecule has 2 aromatic rings. The summed E-state index contributed by atoms with van der Waals surface area (Å²) in [6.07, 6.45) is 3.86. The van der Waals surface area contributed by atoms with Gasteiger partial charge in [-0.1, -0.05) is 43.3 Å². The van der Waals surface area contributed by atoms with Gasteiger partial charge >= 0.3 is 5.24 Å². The highest BCUT2D eigenvalue weighted by Crippen LogP contribution is 2.29. The monoisotopic (exact) mass is 356 g/mol. The molecule has 2 amide bonds. The molecule has 5 nitrogen and oxygen atoms in total. The largest absolute Gasteiger partial charge is 0.313 e. The highest BCUT2D eigenvalue weighted by atomic mass is 32.2. The fraction of sp³-hybridized carbons (Fsp3) is 0.316. The summed E-state index contributed by atoms with van der Waals surface area (Å²) in [6, 6.07) is 13.7. The number of rotatable bonds is 7. The number of thioether (sulfide) groups is 1. The van der Waals surface area contributed by atoms with Gasteiger partial charge in [-0.3, -0.25) is 19.4 Å². The predicted molar refractivity (Wildman–Crippen MR) is 97.0 cm³/mol. The molecule has 1 aliphatic heterocycles. The molecule has 1 unspecified atom stereocenters. The number of aryl methyl sites for hydroxylation is 1. The number of carbonyl (C=O) groups is 2. The molecule has 130 valence electrons. The zero-order valence-corrected chi connectivity index (χ0v) is 14.9. The van der Waals surface area contributed by atoms with Crippen molar-refractivity contribution in [3.63, 3.8) is 0 Å². The van der Waals surface area contributed by atoms with E-state index in [9.17, 15) is 9.59 Å². The molecule has 1 aromatic heterocycles. The first-order chi connectivity index (χ1) is 12.2. The van der Waals surface area contributed by atoms with Crippen molar-refractivity contribution in [3.05, 3.63) is 65.5 Å². The van der Waals surface area contributed by atoms with Crippen LogP contribution in [0.15, 0.2) is 48.7 Å². The molecule has 1 fully saturated rings. The van der Waals surface area contributed by atoms with Gasteiger partial charge in [-0.15, -0.1) is 5.06 Å². The van der Waals surface area contributed by atoms with Crippen molar-refractivity contribution in [1.29, 1.82) is 0 Å². The molecule has 6 heteroatoms. The Morgan fingerprint density at radius 2 is 1.92 bits per heavy atom. The lowest BCUT2D eigenvalue weighted by molar-refractivity contribution is -0.163. The van der Waals surface area contributed by atoms with Gasteiger partial charge in [0.05, 0.1) is 11.9 Å². The maximum Gasteiger partial charge on any atom is 0.313 e. The summed E-state index contributed by atoms with van der Waals surface area (Å²) in [4.78, 5) is 34.2. The molecule has 2 heterocycles. The average molecular weight is 356 g/mol. The third-order valence-electron chi connectivity index (χ3n) is 4.02. The number of hydrogen-bond donors (Lipinski definition) is 0. The predicted octanol–water partition coefficient (Wildman–Crippen LogP) is 3.42. The molecule has 0 aliphatic carbocycles. The van der Waals surface area contributed by atoms with E-state index in [0.717, 1.165) is 34.5 Å². The van der Waals surface area contributed by atoms with Crippen LogP contribution in [0.5, 0.6) is 0 Å². The van der Waals surface area contributed by atoms with Gasteiger partial charge in [-0.25, -0.2) is 0 Å². The molecule has 1 aromatic carbocycles. The summed E-state index contributed by atoms with van der Waals surface area (Å²) < 4.78 is 0. The number of benzene rings is 1. The lowest BCUT2D eigenvalue weighted by atomic mass is 10.1. The Labute approximate surface area is 151 Å². The third-order valence-corrected chi connectivity index (χ3v) is 5.04. The van der Waals surface area contributed by atoms with E-state index < -0.39 is 5.25 Å². The van der Waals surface area contributed by atoms with Crippen LogP contribution >= 0.6 is 11.8 Å². The van der Waals surface area contributed by atoms with Crippen LogP contribution in [0.1, 0.15) is 23.7 Å². The number of hydrogen-bond acceptors (Lipinski definition) is 5. The summed E-state index contributed by atoms with van der Waals surface area (Å²) in [5.74, 6) is -0.284. The number of aromatic nitrogens is 1. The van der Waals surface area contributed by atoms with E-state index >= 15 is 0 Å². The highest BCUT2D eigenvalue weighted by Gasteiger charge is 2.40. The van der Waals surface area contributed by atoms with E-state index in [1.54, 1.807) is 0 Å². The number of amides is 2. The molecule has 0 bridgehead atoms. The fourth-order valence-electron chi connectivity index (χ4n) is 2.57. The SMILES string of the molecule is CCc1ccc(CCON2C(=O)SC(Cc3ccccc3)C2=O)nc1. The summed E-state index contributed by atoms with van der Waals surface area (Å²) in [5.41, 5.74) is 3.09. The van der Waals surface area contributed by atoms with Gasteiger partial charge < -0.3 is 0 Å². The number of hydroxylamine groups is 2. The minimum Gasteiger partial charge on any atom is -0.271 e. The van der Waals surface area contributed by atoms with Gasteiger partial charge in [-0.05, 0) is 41.8 Å². The summed E-state index contributed by atoms with van der Waals surface area (Å²) in [6.45, 7) is 2.32. The van der Waals surface area contributed by atoms with Crippen LogP contribution in [0.3, 0.4) is 0 Å². The quantitative estimate of drug-likeness (QED) is 0.761. The van der Waals surface area contributed by atoms with Crippen LogP contribution in [-0.4, -0.2) is 33.1 Å². The standard InChI is InChI=1S/C19H20N2O3S/c1-2-14-8-9-16(20-13-14)10-11-24-21-18(22)17(25-19(21)23)12-15-6-4-3-5-7-15/h3-9,13,17H,2,10-12H2,1H3. The first-order valence-electron chi connectivity index (χ1n) is 8.32. The maximum absolute atomic E-state index is 12.4. The Morgan fingerprint density at radius 3 is 2.60 bits per heavy atom. The Hall–Kier alpha value is -2.18. The normalized spacial score (nSPS) is 17.3. The molecule has 25 heavy (non-hydrogen) atoms. The molecule has 0 saturated carbocycles. The molecule has 0 N–H and O–H groups in total. The smallest absolute Gasteiger partial charge is 0.271 e. The van der Waals surface area contributed by atoms with Gasteiger partial charge in [0.25, 0.3) is 5.91 Å². The first kappa shape index (κ1) is 17.6. The van der Waals surface area contributed by atoms with Crippen molar-refractivity contribution in [3.8, 4) is 0 Å². The number of carbonyl (C=O) groups excluding carboxylic acids is 2. The van der Waals surface area contributed by atoms with E-state index in [1.165, 1.54) is 5.56 Å². The number of pyridine rings is 1. The molecule has 1 atom stereocenters. The van der Waals surface area contributed by atoms with Crippen molar-refractivity contribution in [2.45, 2.75) is 31.4 Å². The second-order valence-electron chi connectivity index (χ2n) is 5.79. The minimum atomic E-state index is -0.420. The second kappa shape index (κ2) is 8.27. The third kappa shape index (κ3) is 4.46. The molecular formula is C19H20N2O3S. The molecular weight excluding hydrogens is 336 g/mol. The molecule has 0 spiro atoms. The summed E-state index contributed by atoms with van der Waals surface area (Å²) in [7, 11) is 0. The van der Waals surface area contributed by atoms with Crippen molar-refractivity contribution in [2.75, 3.05) is 6.61 Å². The van der Waals surface area contributed by atoms with E-state index in [1.807, 2.05) is 48.7 Å². The van der Waals surface area contributed by atoms with E-state index in [0.29, 0.717) is 12.8 Å². The molecule has 3 rings (SSSR count). The van der Waals surface area contributed by atoms with Crippen molar-refractivity contribution in [1.82, 2.24) is 10.0 Å². The van der Waals surface area contributed by atoms with Gasteiger partial charge in [0.2, 0.25) is 0 Å². The van der Waals surface area contributed by atoms with Crippen LogP contribution in [0.2, 0.25) is 0 Å². The number of nitrogens with zero attached hydrogens (tertiary/aromatic N) is 2. The van der Waals surface area contributed by atoms with Gasteiger partial charge in [-0.2, -0.15) is 0 Å². The Morgan fingerprint density at radius 1 is 1.12 bits per heavy atom. The Balaban J connectivity index is 1.52.